The van der Waals surface area contributed by atoms with Gasteiger partial charge in [-0.3, -0.25) is 9.78 Å². The molecule has 0 aliphatic heterocycles. The van der Waals surface area contributed by atoms with Gasteiger partial charge in [-0.25, -0.2) is 9.97 Å². The number of hydrogen-bond donors (Lipinski definition) is 0. The molecule has 2 aromatic heterocycles. The number of thioether (sulfide) groups is 1. The molecule has 5 aromatic rings. The van der Waals surface area contributed by atoms with E-state index in [0.29, 0.717) is 18.2 Å². The number of rotatable bonds is 8. The first-order valence-electron chi connectivity index (χ1n) is 11.8. The average molecular weight is 491 g/mol. The van der Waals surface area contributed by atoms with Gasteiger partial charge in [0.25, 0.3) is 0 Å². The Balaban J connectivity index is 1.35. The summed E-state index contributed by atoms with van der Waals surface area (Å²) in [4.78, 5) is 28.7. The van der Waals surface area contributed by atoms with Crippen LogP contribution >= 0.6 is 11.8 Å². The van der Waals surface area contributed by atoms with Crippen molar-refractivity contribution < 1.29 is 4.79 Å². The SMILES string of the molecule is Cc1ccnc(SCC(=O)N(Cc2ccc(-c3ccccc3)cc2)Cc2ccc3ccccc3n2)n1. The summed E-state index contributed by atoms with van der Waals surface area (Å²) >= 11 is 1.36. The highest BCUT2D eigenvalue weighted by Gasteiger charge is 2.17. The highest BCUT2D eigenvalue weighted by atomic mass is 32.2. The van der Waals surface area contributed by atoms with Crippen molar-refractivity contribution in [3.8, 4) is 11.1 Å². The van der Waals surface area contributed by atoms with Gasteiger partial charge in [0, 0.05) is 23.8 Å². The molecule has 178 valence electrons. The summed E-state index contributed by atoms with van der Waals surface area (Å²) in [7, 11) is 0. The molecule has 0 bridgehead atoms. The number of hydrogen-bond acceptors (Lipinski definition) is 5. The lowest BCUT2D eigenvalue weighted by atomic mass is 10.0. The van der Waals surface area contributed by atoms with Crippen LogP contribution in [0.5, 0.6) is 0 Å². The largest absolute Gasteiger partial charge is 0.332 e. The second-order valence-corrected chi connectivity index (χ2v) is 9.52. The van der Waals surface area contributed by atoms with Crippen molar-refractivity contribution in [1.82, 2.24) is 19.9 Å². The Hall–Kier alpha value is -4.03. The second kappa shape index (κ2) is 11.1. The predicted molar refractivity (Wildman–Crippen MR) is 145 cm³/mol. The molecule has 2 heterocycles. The summed E-state index contributed by atoms with van der Waals surface area (Å²) in [5.41, 5.74) is 6.07. The van der Waals surface area contributed by atoms with E-state index in [9.17, 15) is 4.79 Å². The van der Waals surface area contributed by atoms with Crippen molar-refractivity contribution in [2.75, 3.05) is 5.75 Å². The quantitative estimate of drug-likeness (QED) is 0.188. The van der Waals surface area contributed by atoms with Gasteiger partial charge in [0.15, 0.2) is 5.16 Å². The van der Waals surface area contributed by atoms with E-state index in [0.717, 1.165) is 33.4 Å². The van der Waals surface area contributed by atoms with Crippen molar-refractivity contribution in [2.24, 2.45) is 0 Å². The van der Waals surface area contributed by atoms with Gasteiger partial charge in [-0.15, -0.1) is 0 Å². The fourth-order valence-electron chi connectivity index (χ4n) is 3.99. The number of pyridine rings is 1. The summed E-state index contributed by atoms with van der Waals surface area (Å²) in [5.74, 6) is 0.284. The van der Waals surface area contributed by atoms with Crippen molar-refractivity contribution in [3.05, 3.63) is 120 Å². The molecule has 3 aromatic carbocycles. The molecule has 1 amide bonds. The normalized spacial score (nSPS) is 10.9. The Morgan fingerprint density at radius 2 is 1.53 bits per heavy atom. The Kier molecular flexibility index (Phi) is 7.33. The number of fused-ring (bicyclic) bond motifs is 1. The summed E-state index contributed by atoms with van der Waals surface area (Å²) in [6.45, 7) is 2.85. The van der Waals surface area contributed by atoms with Gasteiger partial charge in [0.05, 0.1) is 23.5 Å². The van der Waals surface area contributed by atoms with E-state index in [2.05, 4.69) is 52.4 Å². The third-order valence-corrected chi connectivity index (χ3v) is 6.74. The van der Waals surface area contributed by atoms with Gasteiger partial charge >= 0.3 is 0 Å². The molecular formula is C30H26N4OS. The number of carbonyl (C=O) groups is 1. The molecule has 0 N–H and O–H groups in total. The minimum atomic E-state index is 0.0206. The maximum absolute atomic E-state index is 13.4. The number of aromatic nitrogens is 3. The smallest absolute Gasteiger partial charge is 0.233 e. The Bertz CT molecular complexity index is 1470. The van der Waals surface area contributed by atoms with Gasteiger partial charge in [0.1, 0.15) is 0 Å². The molecule has 0 spiro atoms. The molecule has 36 heavy (non-hydrogen) atoms. The zero-order valence-electron chi connectivity index (χ0n) is 20.0. The van der Waals surface area contributed by atoms with Crippen LogP contribution in [0.15, 0.2) is 108 Å². The Labute approximate surface area is 215 Å². The Morgan fingerprint density at radius 3 is 2.33 bits per heavy atom. The summed E-state index contributed by atoms with van der Waals surface area (Å²) in [5, 5.41) is 1.70. The van der Waals surface area contributed by atoms with Gasteiger partial charge in [0.2, 0.25) is 5.91 Å². The summed E-state index contributed by atoms with van der Waals surface area (Å²) in [6, 6.07) is 32.6. The standard InChI is InChI=1S/C30H26N4OS/c1-22-17-18-31-30(32-22)36-21-29(35)34(20-27-16-15-26-9-5-6-10-28(26)33-27)19-23-11-13-25(14-12-23)24-7-3-2-4-8-24/h2-18H,19-21H2,1H3. The number of benzene rings is 3. The zero-order valence-corrected chi connectivity index (χ0v) is 20.9. The second-order valence-electron chi connectivity index (χ2n) is 8.58. The van der Waals surface area contributed by atoms with Crippen molar-refractivity contribution >= 4 is 28.6 Å². The third-order valence-electron chi connectivity index (χ3n) is 5.89. The van der Waals surface area contributed by atoms with Crippen LogP contribution in [0.25, 0.3) is 22.0 Å². The first kappa shape index (κ1) is 23.7. The molecule has 5 nitrogen and oxygen atoms in total. The van der Waals surface area contributed by atoms with E-state index >= 15 is 0 Å². The van der Waals surface area contributed by atoms with Crippen LogP contribution in [-0.2, 0) is 17.9 Å². The lowest BCUT2D eigenvalue weighted by Crippen LogP contribution is -2.32. The molecule has 0 saturated carbocycles. The van der Waals surface area contributed by atoms with Crippen LogP contribution < -0.4 is 0 Å². The molecule has 0 radical (unpaired) electrons. The molecule has 5 rings (SSSR count). The average Bonchev–Trinajstić information content (AvgIpc) is 2.92. The lowest BCUT2D eigenvalue weighted by molar-refractivity contribution is -0.129. The van der Waals surface area contributed by atoms with E-state index in [1.54, 1.807) is 6.20 Å². The highest BCUT2D eigenvalue weighted by Crippen LogP contribution is 2.22. The van der Waals surface area contributed by atoms with Crippen molar-refractivity contribution in [2.45, 2.75) is 25.2 Å². The molecule has 0 unspecified atom stereocenters. The monoisotopic (exact) mass is 490 g/mol. The van der Waals surface area contributed by atoms with E-state index in [4.69, 9.17) is 4.98 Å². The highest BCUT2D eigenvalue weighted by molar-refractivity contribution is 7.99. The maximum atomic E-state index is 13.4. The van der Waals surface area contributed by atoms with E-state index < -0.39 is 0 Å². The zero-order chi connectivity index (χ0) is 24.7. The molecular weight excluding hydrogens is 464 g/mol. The van der Waals surface area contributed by atoms with Crippen LogP contribution in [-0.4, -0.2) is 31.5 Å². The van der Waals surface area contributed by atoms with E-state index in [1.807, 2.05) is 66.4 Å². The first-order chi connectivity index (χ1) is 17.6. The topological polar surface area (TPSA) is 59.0 Å². The molecule has 6 heteroatoms. The molecule has 0 aliphatic carbocycles. The minimum Gasteiger partial charge on any atom is -0.332 e. The molecule has 0 saturated heterocycles. The van der Waals surface area contributed by atoms with Crippen molar-refractivity contribution in [3.63, 3.8) is 0 Å². The van der Waals surface area contributed by atoms with Gasteiger partial charge in [-0.2, -0.15) is 0 Å². The van der Waals surface area contributed by atoms with E-state index in [-0.39, 0.29) is 11.7 Å². The summed E-state index contributed by atoms with van der Waals surface area (Å²) in [6.07, 6.45) is 1.72. The molecule has 0 aliphatic rings. The lowest BCUT2D eigenvalue weighted by Gasteiger charge is -2.23. The van der Waals surface area contributed by atoms with Crippen LogP contribution in [0, 0.1) is 6.92 Å². The van der Waals surface area contributed by atoms with Crippen LogP contribution in [0.1, 0.15) is 17.0 Å². The van der Waals surface area contributed by atoms with Gasteiger partial charge in [-0.1, -0.05) is 90.6 Å². The summed E-state index contributed by atoms with van der Waals surface area (Å²) < 4.78 is 0. The third kappa shape index (κ3) is 5.96. The number of nitrogens with zero attached hydrogens (tertiary/aromatic N) is 4. The van der Waals surface area contributed by atoms with Crippen molar-refractivity contribution in [1.29, 1.82) is 0 Å². The number of carbonyl (C=O) groups excluding carboxylic acids is 1. The van der Waals surface area contributed by atoms with Gasteiger partial charge in [-0.05, 0) is 41.8 Å². The fraction of sp³-hybridized carbons (Fsp3) is 0.133. The van der Waals surface area contributed by atoms with Gasteiger partial charge < -0.3 is 4.90 Å². The van der Waals surface area contributed by atoms with E-state index in [1.165, 1.54) is 17.3 Å². The fourth-order valence-corrected chi connectivity index (χ4v) is 4.77. The molecule has 0 atom stereocenters. The maximum Gasteiger partial charge on any atom is 0.233 e. The first-order valence-corrected chi connectivity index (χ1v) is 12.8. The molecule has 0 fully saturated rings. The minimum absolute atomic E-state index is 0.0206. The number of para-hydroxylation sites is 1. The number of aryl methyl sites for hydroxylation is 1. The van der Waals surface area contributed by atoms with Crippen LogP contribution in [0.4, 0.5) is 0 Å². The predicted octanol–water partition coefficient (Wildman–Crippen LogP) is 6.32. The van der Waals surface area contributed by atoms with Crippen LogP contribution in [0.2, 0.25) is 0 Å². The Morgan fingerprint density at radius 1 is 0.778 bits per heavy atom. The number of amides is 1. The van der Waals surface area contributed by atoms with Crippen LogP contribution in [0.3, 0.4) is 0 Å².